The number of hydrogen-bond acceptors (Lipinski definition) is 4. The molecule has 7 nitrogen and oxygen atoms in total. The minimum absolute atomic E-state index is 0.226. The number of aliphatic hydroxyl groups is 1. The van der Waals surface area contributed by atoms with Crippen LogP contribution in [0.2, 0.25) is 0 Å². The molecule has 1 unspecified atom stereocenters. The minimum Gasteiger partial charge on any atom is -0.480 e. The van der Waals surface area contributed by atoms with Crippen molar-refractivity contribution in [1.82, 2.24) is 10.6 Å². The smallest absolute Gasteiger partial charge is 0.328 e. The molecule has 0 spiro atoms. The lowest BCUT2D eigenvalue weighted by Crippen LogP contribution is -2.53. The molecule has 0 fully saturated rings. The van der Waals surface area contributed by atoms with Gasteiger partial charge in [-0.05, 0) is 5.56 Å². The Kier molecular flexibility index (Phi) is 6.35. The Morgan fingerprint density at radius 2 is 1.71 bits per heavy atom. The Labute approximate surface area is 122 Å². The summed E-state index contributed by atoms with van der Waals surface area (Å²) >= 11 is 0. The fraction of sp³-hybridized carbons (Fsp3) is 0.357. The predicted molar refractivity (Wildman–Crippen MR) is 74.4 cm³/mol. The summed E-state index contributed by atoms with van der Waals surface area (Å²) in [5, 5.41) is 22.4. The first kappa shape index (κ1) is 16.6. The van der Waals surface area contributed by atoms with Crippen LogP contribution < -0.4 is 10.6 Å². The number of carbonyl (C=O) groups excluding carboxylic acids is 2. The van der Waals surface area contributed by atoms with Crippen molar-refractivity contribution in [2.75, 3.05) is 6.61 Å². The number of hydrogen-bond donors (Lipinski definition) is 4. The maximum absolute atomic E-state index is 12.1. The van der Waals surface area contributed by atoms with E-state index in [0.717, 1.165) is 5.56 Å². The summed E-state index contributed by atoms with van der Waals surface area (Å²) in [6.07, 6.45) is 0.226. The second-order valence-electron chi connectivity index (χ2n) is 4.52. The summed E-state index contributed by atoms with van der Waals surface area (Å²) in [6.45, 7) is 0.547. The zero-order valence-electron chi connectivity index (χ0n) is 11.6. The zero-order chi connectivity index (χ0) is 15.8. The highest BCUT2D eigenvalue weighted by Gasteiger charge is 2.25. The van der Waals surface area contributed by atoms with Gasteiger partial charge in [0, 0.05) is 13.3 Å². The number of benzene rings is 1. The van der Waals surface area contributed by atoms with Crippen LogP contribution in [0, 0.1) is 0 Å². The van der Waals surface area contributed by atoms with Gasteiger partial charge in [0.25, 0.3) is 0 Å². The van der Waals surface area contributed by atoms with Gasteiger partial charge in [0.1, 0.15) is 12.1 Å². The van der Waals surface area contributed by atoms with Gasteiger partial charge in [-0.15, -0.1) is 0 Å². The lowest BCUT2D eigenvalue weighted by Gasteiger charge is -2.20. The Balaban J connectivity index is 2.79. The SMILES string of the molecule is CC(=O)NC(Cc1ccccc1)C(=O)N[C@@H](CO)C(=O)O. The summed E-state index contributed by atoms with van der Waals surface area (Å²) < 4.78 is 0. The largest absolute Gasteiger partial charge is 0.480 e. The standard InChI is InChI=1S/C14H18N2O5/c1-9(18)15-11(7-10-5-3-2-4-6-10)13(19)16-12(8-17)14(20)21/h2-6,11-12,17H,7-8H2,1H3,(H,15,18)(H,16,19)(H,20,21)/t11?,12-/m0/s1. The first-order chi connectivity index (χ1) is 9.93. The molecule has 0 bridgehead atoms. The van der Waals surface area contributed by atoms with Crippen LogP contribution in [0.5, 0.6) is 0 Å². The number of nitrogens with one attached hydrogen (secondary N) is 2. The van der Waals surface area contributed by atoms with Gasteiger partial charge in [-0.1, -0.05) is 30.3 Å². The molecule has 0 radical (unpaired) electrons. The molecule has 0 saturated carbocycles. The van der Waals surface area contributed by atoms with Gasteiger partial charge in [0.15, 0.2) is 0 Å². The van der Waals surface area contributed by atoms with E-state index in [1.165, 1.54) is 6.92 Å². The first-order valence-electron chi connectivity index (χ1n) is 6.39. The molecule has 0 aliphatic carbocycles. The van der Waals surface area contributed by atoms with Crippen LogP contribution in [-0.4, -0.2) is 46.7 Å². The molecule has 2 atom stereocenters. The molecule has 7 heteroatoms. The summed E-state index contributed by atoms with van der Waals surface area (Å²) in [6, 6.07) is 6.70. The Hall–Kier alpha value is -2.41. The second kappa shape index (κ2) is 8.01. The van der Waals surface area contributed by atoms with Crippen LogP contribution in [0.1, 0.15) is 12.5 Å². The molecular weight excluding hydrogens is 276 g/mol. The number of carboxylic acids is 1. The fourth-order valence-corrected chi connectivity index (χ4v) is 1.76. The molecule has 0 aliphatic heterocycles. The Morgan fingerprint density at radius 3 is 2.19 bits per heavy atom. The van der Waals surface area contributed by atoms with Gasteiger partial charge in [-0.2, -0.15) is 0 Å². The van der Waals surface area contributed by atoms with E-state index in [1.807, 2.05) is 6.07 Å². The van der Waals surface area contributed by atoms with Crippen LogP contribution in [0.4, 0.5) is 0 Å². The Morgan fingerprint density at radius 1 is 1.10 bits per heavy atom. The van der Waals surface area contributed by atoms with Crippen molar-refractivity contribution < 1.29 is 24.6 Å². The van der Waals surface area contributed by atoms with Crippen molar-refractivity contribution >= 4 is 17.8 Å². The molecule has 1 aromatic carbocycles. The van der Waals surface area contributed by atoms with Crippen molar-refractivity contribution in [2.24, 2.45) is 0 Å². The number of aliphatic carboxylic acids is 1. The zero-order valence-corrected chi connectivity index (χ0v) is 11.6. The monoisotopic (exact) mass is 294 g/mol. The normalized spacial score (nSPS) is 13.0. The summed E-state index contributed by atoms with van der Waals surface area (Å²) in [4.78, 5) is 34.0. The predicted octanol–water partition coefficient (Wildman–Crippen LogP) is -0.704. The molecule has 114 valence electrons. The van der Waals surface area contributed by atoms with E-state index in [-0.39, 0.29) is 6.42 Å². The van der Waals surface area contributed by atoms with E-state index in [4.69, 9.17) is 10.2 Å². The van der Waals surface area contributed by atoms with E-state index < -0.39 is 36.5 Å². The highest BCUT2D eigenvalue weighted by Crippen LogP contribution is 2.04. The highest BCUT2D eigenvalue weighted by molar-refractivity contribution is 5.90. The molecule has 4 N–H and O–H groups in total. The van der Waals surface area contributed by atoms with Gasteiger partial charge in [-0.3, -0.25) is 9.59 Å². The molecule has 0 aliphatic rings. The number of carbonyl (C=O) groups is 3. The van der Waals surface area contributed by atoms with Crippen LogP contribution >= 0.6 is 0 Å². The van der Waals surface area contributed by atoms with Crippen LogP contribution in [0.15, 0.2) is 30.3 Å². The van der Waals surface area contributed by atoms with Gasteiger partial charge < -0.3 is 20.8 Å². The third-order valence-electron chi connectivity index (χ3n) is 2.77. The molecule has 0 aromatic heterocycles. The van der Waals surface area contributed by atoms with Crippen LogP contribution in [-0.2, 0) is 20.8 Å². The van der Waals surface area contributed by atoms with Crippen molar-refractivity contribution in [3.63, 3.8) is 0 Å². The van der Waals surface area contributed by atoms with Crippen LogP contribution in [0.25, 0.3) is 0 Å². The average molecular weight is 294 g/mol. The maximum Gasteiger partial charge on any atom is 0.328 e. The molecule has 0 saturated heterocycles. The van der Waals surface area contributed by atoms with E-state index >= 15 is 0 Å². The number of amides is 2. The average Bonchev–Trinajstić information content (AvgIpc) is 2.44. The second-order valence-corrected chi connectivity index (χ2v) is 4.52. The molecule has 0 heterocycles. The molecule has 1 rings (SSSR count). The first-order valence-corrected chi connectivity index (χ1v) is 6.39. The maximum atomic E-state index is 12.1. The number of aliphatic hydroxyl groups excluding tert-OH is 1. The molecular formula is C14H18N2O5. The van der Waals surface area contributed by atoms with E-state index in [2.05, 4.69) is 10.6 Å². The van der Waals surface area contributed by atoms with Gasteiger partial charge in [0.05, 0.1) is 6.61 Å². The van der Waals surface area contributed by atoms with Crippen LogP contribution in [0.3, 0.4) is 0 Å². The quantitative estimate of drug-likeness (QED) is 0.530. The van der Waals surface area contributed by atoms with Gasteiger partial charge in [0.2, 0.25) is 11.8 Å². The fourth-order valence-electron chi connectivity index (χ4n) is 1.76. The minimum atomic E-state index is -1.40. The van der Waals surface area contributed by atoms with Gasteiger partial charge >= 0.3 is 5.97 Å². The lowest BCUT2D eigenvalue weighted by atomic mass is 10.0. The third-order valence-corrected chi connectivity index (χ3v) is 2.77. The summed E-state index contributed by atoms with van der Waals surface area (Å²) in [5.41, 5.74) is 0.822. The topological polar surface area (TPSA) is 116 Å². The molecule has 1 aromatic rings. The summed E-state index contributed by atoms with van der Waals surface area (Å²) in [7, 11) is 0. The molecule has 21 heavy (non-hydrogen) atoms. The van der Waals surface area contributed by atoms with Crippen molar-refractivity contribution in [3.8, 4) is 0 Å². The van der Waals surface area contributed by atoms with E-state index in [9.17, 15) is 14.4 Å². The third kappa shape index (κ3) is 5.62. The summed E-state index contributed by atoms with van der Waals surface area (Å²) in [5.74, 6) is -2.40. The van der Waals surface area contributed by atoms with Crippen molar-refractivity contribution in [3.05, 3.63) is 35.9 Å². The van der Waals surface area contributed by atoms with E-state index in [1.54, 1.807) is 24.3 Å². The van der Waals surface area contributed by atoms with Crippen molar-refractivity contribution in [2.45, 2.75) is 25.4 Å². The number of carboxylic acid groups (broad SMARTS) is 1. The van der Waals surface area contributed by atoms with Crippen molar-refractivity contribution in [1.29, 1.82) is 0 Å². The van der Waals surface area contributed by atoms with Gasteiger partial charge in [-0.25, -0.2) is 4.79 Å². The lowest BCUT2D eigenvalue weighted by molar-refractivity contribution is -0.143. The Bertz CT molecular complexity index is 503. The highest BCUT2D eigenvalue weighted by atomic mass is 16.4. The number of rotatable bonds is 7. The molecule has 2 amide bonds. The van der Waals surface area contributed by atoms with E-state index in [0.29, 0.717) is 0 Å².